The molecule has 3 heterocycles. The van der Waals surface area contributed by atoms with Crippen LogP contribution in [-0.4, -0.2) is 34.5 Å². The van der Waals surface area contributed by atoms with Crippen molar-refractivity contribution in [2.45, 2.75) is 37.6 Å². The first-order valence-electron chi connectivity index (χ1n) is 10.3. The Morgan fingerprint density at radius 3 is 2.94 bits per heavy atom. The fourth-order valence-electron chi connectivity index (χ4n) is 3.56. The topological polar surface area (TPSA) is 108 Å². The number of rotatable bonds is 5. The summed E-state index contributed by atoms with van der Waals surface area (Å²) in [6.45, 7) is 4.89. The quantitative estimate of drug-likeness (QED) is 0.538. The lowest BCUT2D eigenvalue weighted by atomic mass is 9.94. The molecule has 0 fully saturated rings. The number of aryl methyl sites for hydroxylation is 1. The number of pyridine rings is 1. The number of nitrogens with one attached hydrogen (secondary N) is 1. The number of carbonyl (C=O) groups is 1. The fraction of sp³-hybridized carbons (Fsp3) is 0.318. The van der Waals surface area contributed by atoms with E-state index in [0.29, 0.717) is 47.3 Å². The molecule has 1 aliphatic rings. The maximum absolute atomic E-state index is 14.5. The van der Waals surface area contributed by atoms with Crippen LogP contribution in [0.4, 0.5) is 14.9 Å². The lowest BCUT2D eigenvalue weighted by Gasteiger charge is -2.19. The average Bonchev–Trinajstić information content (AvgIpc) is 3.24. The number of hydrogen-bond acceptors (Lipinski definition) is 7. The van der Waals surface area contributed by atoms with Gasteiger partial charge < -0.3 is 23.4 Å². The molecule has 0 atom stereocenters. The van der Waals surface area contributed by atoms with Crippen molar-refractivity contribution in [3.05, 3.63) is 48.0 Å². The van der Waals surface area contributed by atoms with Gasteiger partial charge in [-0.2, -0.15) is 5.10 Å². The van der Waals surface area contributed by atoms with E-state index in [1.54, 1.807) is 16.8 Å². The van der Waals surface area contributed by atoms with E-state index in [9.17, 15) is 13.4 Å². The third-order valence-electron chi connectivity index (χ3n) is 5.11. The van der Waals surface area contributed by atoms with Gasteiger partial charge in [-0.3, -0.25) is 0 Å². The molecule has 0 aliphatic carbocycles. The Bertz CT molecular complexity index is 1280. The van der Waals surface area contributed by atoms with Gasteiger partial charge in [0.05, 0.1) is 19.4 Å². The lowest BCUT2D eigenvalue weighted by Crippen LogP contribution is -2.15. The predicted molar refractivity (Wildman–Crippen MR) is 120 cm³/mol. The molecule has 0 unspecified atom stereocenters. The number of carbonyl (C=O) groups excluding carboxylic acids is 1. The van der Waals surface area contributed by atoms with Gasteiger partial charge in [0.15, 0.2) is 5.88 Å². The van der Waals surface area contributed by atoms with Crippen molar-refractivity contribution < 1.29 is 22.9 Å². The van der Waals surface area contributed by atoms with E-state index in [0.717, 1.165) is 6.42 Å². The van der Waals surface area contributed by atoms with Gasteiger partial charge in [-0.15, -0.1) is 10.6 Å². The van der Waals surface area contributed by atoms with Crippen LogP contribution in [0.1, 0.15) is 31.7 Å². The molecule has 0 spiro atoms. The Hall–Kier alpha value is -3.47. The number of halogens is 1. The summed E-state index contributed by atoms with van der Waals surface area (Å²) in [7, 11) is -0.543. The minimum atomic E-state index is -2.02. The Labute approximate surface area is 192 Å². The second-order valence-corrected chi connectivity index (χ2v) is 8.79. The highest BCUT2D eigenvalue weighted by Gasteiger charge is 2.18. The van der Waals surface area contributed by atoms with Crippen LogP contribution in [0.25, 0.3) is 11.1 Å². The number of methoxy groups -OCH3 is 1. The van der Waals surface area contributed by atoms with Crippen molar-refractivity contribution >= 4 is 22.3 Å². The van der Waals surface area contributed by atoms with E-state index in [-0.39, 0.29) is 10.8 Å². The molecule has 4 rings (SSSR count). The maximum Gasteiger partial charge on any atom is 0.322 e. The first-order valence-corrected chi connectivity index (χ1v) is 11.4. The summed E-state index contributed by atoms with van der Waals surface area (Å²) >= 11 is 0. The summed E-state index contributed by atoms with van der Waals surface area (Å²) in [4.78, 5) is 17.1. The third kappa shape index (κ3) is 4.82. The molecule has 2 aromatic heterocycles. The van der Waals surface area contributed by atoms with Gasteiger partial charge in [0, 0.05) is 37.0 Å². The van der Waals surface area contributed by atoms with Crippen molar-refractivity contribution in [3.8, 4) is 22.9 Å². The van der Waals surface area contributed by atoms with E-state index in [4.69, 9.17) is 9.47 Å². The molecule has 1 N–H and O–H groups in total. The predicted octanol–water partition coefficient (Wildman–Crippen LogP) is 4.74. The SMILES string of the molecule is COc1cc(-c2cc(F)cc(C(C)C)c2NC(=O)N=[S-](=O)c2cnn3c2OCCC3)ccn1. The van der Waals surface area contributed by atoms with E-state index in [2.05, 4.69) is 19.8 Å². The number of ether oxygens (including phenoxy) is 2. The molecule has 3 aromatic rings. The van der Waals surface area contributed by atoms with E-state index in [1.165, 1.54) is 31.6 Å². The summed E-state index contributed by atoms with van der Waals surface area (Å²) in [5.74, 6) is 0.133. The Morgan fingerprint density at radius 1 is 1.36 bits per heavy atom. The number of hydrogen-bond donors (Lipinski definition) is 1. The van der Waals surface area contributed by atoms with Crippen molar-refractivity contribution in [2.24, 2.45) is 4.36 Å². The van der Waals surface area contributed by atoms with Gasteiger partial charge in [0.2, 0.25) is 5.88 Å². The zero-order valence-corrected chi connectivity index (χ0v) is 19.2. The van der Waals surface area contributed by atoms with Gasteiger partial charge in [0.25, 0.3) is 0 Å². The van der Waals surface area contributed by atoms with Crippen LogP contribution in [0.15, 0.2) is 45.9 Å². The highest BCUT2D eigenvalue weighted by molar-refractivity contribution is 7.75. The molecule has 174 valence electrons. The normalized spacial score (nSPS) is 14.0. The average molecular weight is 473 g/mol. The number of fused-ring (bicyclic) bond motifs is 1. The molecule has 0 bridgehead atoms. The Kier molecular flexibility index (Phi) is 6.59. The smallest absolute Gasteiger partial charge is 0.322 e. The minimum absolute atomic E-state index is 0.111. The Balaban J connectivity index is 1.72. The molecule has 0 radical (unpaired) electrons. The van der Waals surface area contributed by atoms with Gasteiger partial charge in [-0.25, -0.2) is 18.9 Å². The van der Waals surface area contributed by atoms with Crippen LogP contribution in [0.2, 0.25) is 0 Å². The van der Waals surface area contributed by atoms with Gasteiger partial charge in [-0.05, 0) is 40.1 Å². The summed E-state index contributed by atoms with van der Waals surface area (Å²) in [5, 5.41) is 6.84. The molecule has 0 saturated carbocycles. The maximum atomic E-state index is 14.5. The Morgan fingerprint density at radius 2 is 2.18 bits per heavy atom. The summed E-state index contributed by atoms with van der Waals surface area (Å²) < 4.78 is 43.3. The number of benzene rings is 1. The molecule has 2 amide bonds. The number of amides is 2. The van der Waals surface area contributed by atoms with Crippen molar-refractivity contribution in [3.63, 3.8) is 0 Å². The zero-order valence-electron chi connectivity index (χ0n) is 18.4. The second-order valence-electron chi connectivity index (χ2n) is 7.67. The molecule has 1 aromatic carbocycles. The number of nitrogens with zero attached hydrogens (tertiary/aromatic N) is 4. The van der Waals surface area contributed by atoms with Crippen LogP contribution < -0.4 is 14.8 Å². The van der Waals surface area contributed by atoms with Gasteiger partial charge in [-0.1, -0.05) is 13.8 Å². The molecule has 11 heteroatoms. The van der Waals surface area contributed by atoms with Gasteiger partial charge >= 0.3 is 6.03 Å². The minimum Gasteiger partial charge on any atom is -0.481 e. The van der Waals surface area contributed by atoms with Crippen LogP contribution in [0, 0.1) is 5.82 Å². The second kappa shape index (κ2) is 9.57. The van der Waals surface area contributed by atoms with Crippen LogP contribution in [0.5, 0.6) is 11.8 Å². The van der Waals surface area contributed by atoms with Crippen molar-refractivity contribution in [1.29, 1.82) is 0 Å². The molecule has 9 nitrogen and oxygen atoms in total. The van der Waals surface area contributed by atoms with E-state index in [1.807, 2.05) is 13.8 Å². The van der Waals surface area contributed by atoms with Crippen molar-refractivity contribution in [2.75, 3.05) is 19.0 Å². The molecule has 1 aliphatic heterocycles. The van der Waals surface area contributed by atoms with E-state index < -0.39 is 22.4 Å². The highest BCUT2D eigenvalue weighted by Crippen LogP contribution is 2.37. The monoisotopic (exact) mass is 472 g/mol. The first-order chi connectivity index (χ1) is 15.9. The van der Waals surface area contributed by atoms with Crippen molar-refractivity contribution in [1.82, 2.24) is 14.8 Å². The summed E-state index contributed by atoms with van der Waals surface area (Å²) in [6.07, 6.45) is 3.71. The highest BCUT2D eigenvalue weighted by atomic mass is 32.2. The molecular formula is C22H23FN5O4S-. The lowest BCUT2D eigenvalue weighted by molar-refractivity contribution is 0.225. The fourth-order valence-corrected chi connectivity index (χ4v) is 4.30. The molecule has 33 heavy (non-hydrogen) atoms. The first kappa shape index (κ1) is 22.7. The van der Waals surface area contributed by atoms with E-state index >= 15 is 0 Å². The van der Waals surface area contributed by atoms with Crippen LogP contribution in [-0.2, 0) is 21.3 Å². The molecular weight excluding hydrogens is 449 g/mol. The number of anilines is 1. The van der Waals surface area contributed by atoms with Crippen LogP contribution in [0.3, 0.4) is 0 Å². The number of aromatic nitrogens is 3. The largest absolute Gasteiger partial charge is 0.481 e. The van der Waals surface area contributed by atoms with Gasteiger partial charge in [0.1, 0.15) is 5.82 Å². The van der Waals surface area contributed by atoms with Crippen LogP contribution >= 0.6 is 0 Å². The summed E-state index contributed by atoms with van der Waals surface area (Å²) in [6, 6.07) is 5.17. The number of urea groups is 1. The third-order valence-corrected chi connectivity index (χ3v) is 6.10. The molecule has 0 saturated heterocycles. The standard InChI is InChI=1S/C22H23FN5O4S/c1-13(2)16-10-15(23)11-17(14-5-6-24-19(9-14)31-3)20(16)26-22(29)27-33(30)18-12-25-28-7-4-8-32-21(18)28/h5-6,9-13H,4,7-8H2,1-3H3,(H,26,29)/q-1. The zero-order chi connectivity index (χ0) is 23.5. The summed E-state index contributed by atoms with van der Waals surface area (Å²) in [5.41, 5.74) is 1.97.